The molecule has 0 bridgehead atoms. The average Bonchev–Trinajstić information content (AvgIpc) is 2.66. The minimum atomic E-state index is 0.246. The summed E-state index contributed by atoms with van der Waals surface area (Å²) in [4.78, 5) is 0. The normalized spacial score (nSPS) is 24.8. The van der Waals surface area contributed by atoms with Crippen molar-refractivity contribution in [3.05, 3.63) is 35.4 Å². The molecule has 1 N–H and O–H groups in total. The lowest BCUT2D eigenvalue weighted by molar-refractivity contribution is 0.297. The van der Waals surface area contributed by atoms with Gasteiger partial charge < -0.3 is 5.32 Å². The van der Waals surface area contributed by atoms with Gasteiger partial charge in [-0.15, -0.1) is 0 Å². The number of benzene rings is 1. The molecule has 1 heteroatoms. The van der Waals surface area contributed by atoms with Gasteiger partial charge in [0.05, 0.1) is 0 Å². The third-order valence-electron chi connectivity index (χ3n) is 4.31. The fourth-order valence-electron chi connectivity index (χ4n) is 3.26. The first-order valence-corrected chi connectivity index (χ1v) is 7.65. The first-order valence-electron chi connectivity index (χ1n) is 7.65. The molecule has 0 aliphatic carbocycles. The van der Waals surface area contributed by atoms with Crippen LogP contribution >= 0.6 is 0 Å². The molecule has 1 fully saturated rings. The van der Waals surface area contributed by atoms with Crippen LogP contribution < -0.4 is 5.32 Å². The highest BCUT2D eigenvalue weighted by Gasteiger charge is 2.31. The standard InChI is InChI=1S/C17H27N/c1-3-11-17(12-6-5-7-13-18-17)16-10-8-9-15(4-2)14-16/h8-10,14,18H,3-7,11-13H2,1-2H3. The van der Waals surface area contributed by atoms with Gasteiger partial charge in [0.15, 0.2) is 0 Å². The molecule has 1 aliphatic heterocycles. The molecule has 1 unspecified atom stereocenters. The molecule has 1 aliphatic rings. The van der Waals surface area contributed by atoms with Crippen LogP contribution in [0.5, 0.6) is 0 Å². The Hall–Kier alpha value is -0.820. The molecule has 1 nitrogen and oxygen atoms in total. The van der Waals surface area contributed by atoms with E-state index in [2.05, 4.69) is 43.4 Å². The zero-order chi connectivity index (χ0) is 12.8. The quantitative estimate of drug-likeness (QED) is 0.828. The van der Waals surface area contributed by atoms with Gasteiger partial charge in [0.2, 0.25) is 0 Å². The maximum absolute atomic E-state index is 3.86. The molecule has 2 rings (SSSR count). The van der Waals surface area contributed by atoms with E-state index in [1.54, 1.807) is 0 Å². The molecule has 1 saturated heterocycles. The van der Waals surface area contributed by atoms with E-state index in [-0.39, 0.29) is 5.54 Å². The second-order valence-corrected chi connectivity index (χ2v) is 5.62. The molecular weight excluding hydrogens is 218 g/mol. The van der Waals surface area contributed by atoms with Crippen LogP contribution in [0.15, 0.2) is 24.3 Å². The van der Waals surface area contributed by atoms with Crippen LogP contribution in [-0.2, 0) is 12.0 Å². The summed E-state index contributed by atoms with van der Waals surface area (Å²) in [6.45, 7) is 5.72. The summed E-state index contributed by atoms with van der Waals surface area (Å²) in [6, 6.07) is 9.24. The lowest BCUT2D eigenvalue weighted by Gasteiger charge is -2.35. The number of nitrogens with one attached hydrogen (secondary N) is 1. The van der Waals surface area contributed by atoms with Crippen LogP contribution in [-0.4, -0.2) is 6.54 Å². The van der Waals surface area contributed by atoms with E-state index in [0.29, 0.717) is 0 Å². The Labute approximate surface area is 112 Å². The molecule has 18 heavy (non-hydrogen) atoms. The van der Waals surface area contributed by atoms with Crippen LogP contribution in [0.4, 0.5) is 0 Å². The van der Waals surface area contributed by atoms with Gasteiger partial charge in [0.25, 0.3) is 0 Å². The molecule has 0 spiro atoms. The second-order valence-electron chi connectivity index (χ2n) is 5.62. The van der Waals surface area contributed by atoms with E-state index < -0.39 is 0 Å². The third kappa shape index (κ3) is 2.95. The fourth-order valence-corrected chi connectivity index (χ4v) is 3.26. The SMILES string of the molecule is CCCC1(c2cccc(CC)c2)CCCCCN1. The van der Waals surface area contributed by atoms with Gasteiger partial charge in [0.1, 0.15) is 0 Å². The van der Waals surface area contributed by atoms with Crippen LogP contribution in [0, 0.1) is 0 Å². The van der Waals surface area contributed by atoms with Crippen molar-refractivity contribution in [3.63, 3.8) is 0 Å². The summed E-state index contributed by atoms with van der Waals surface area (Å²) < 4.78 is 0. The number of aryl methyl sites for hydroxylation is 1. The van der Waals surface area contributed by atoms with Crippen molar-refractivity contribution >= 4 is 0 Å². The molecule has 0 saturated carbocycles. The van der Waals surface area contributed by atoms with E-state index in [9.17, 15) is 0 Å². The van der Waals surface area contributed by atoms with Crippen molar-refractivity contribution in [2.24, 2.45) is 0 Å². The summed E-state index contributed by atoms with van der Waals surface area (Å²) in [5, 5.41) is 3.86. The molecule has 1 aromatic rings. The van der Waals surface area contributed by atoms with Crippen molar-refractivity contribution in [2.75, 3.05) is 6.54 Å². The van der Waals surface area contributed by atoms with Gasteiger partial charge >= 0.3 is 0 Å². The molecule has 1 heterocycles. The monoisotopic (exact) mass is 245 g/mol. The minimum absolute atomic E-state index is 0.246. The Morgan fingerprint density at radius 1 is 1.17 bits per heavy atom. The lowest BCUT2D eigenvalue weighted by atomic mass is 9.81. The predicted molar refractivity (Wildman–Crippen MR) is 78.9 cm³/mol. The van der Waals surface area contributed by atoms with E-state index in [1.165, 1.54) is 56.2 Å². The number of hydrogen-bond acceptors (Lipinski definition) is 1. The summed E-state index contributed by atoms with van der Waals surface area (Å²) in [7, 11) is 0. The van der Waals surface area contributed by atoms with Gasteiger partial charge in [0, 0.05) is 5.54 Å². The van der Waals surface area contributed by atoms with Gasteiger partial charge in [-0.2, -0.15) is 0 Å². The highest BCUT2D eigenvalue weighted by atomic mass is 15.0. The molecule has 1 atom stereocenters. The maximum atomic E-state index is 3.86. The van der Waals surface area contributed by atoms with Crippen LogP contribution in [0.3, 0.4) is 0 Å². The van der Waals surface area contributed by atoms with E-state index in [1.807, 2.05) is 0 Å². The Kier molecular flexibility index (Phi) is 4.82. The highest BCUT2D eigenvalue weighted by Crippen LogP contribution is 2.34. The summed E-state index contributed by atoms with van der Waals surface area (Å²) in [5.41, 5.74) is 3.23. The largest absolute Gasteiger partial charge is 0.307 e. The third-order valence-corrected chi connectivity index (χ3v) is 4.31. The molecule has 0 radical (unpaired) electrons. The number of rotatable bonds is 4. The minimum Gasteiger partial charge on any atom is -0.307 e. The first kappa shape index (κ1) is 13.6. The molecular formula is C17H27N. The smallest absolute Gasteiger partial charge is 0.0434 e. The summed E-state index contributed by atoms with van der Waals surface area (Å²) in [5.74, 6) is 0. The van der Waals surface area contributed by atoms with Crippen molar-refractivity contribution in [2.45, 2.75) is 64.3 Å². The van der Waals surface area contributed by atoms with Crippen LogP contribution in [0.25, 0.3) is 0 Å². The Bertz CT molecular complexity index is 362. The number of hydrogen-bond donors (Lipinski definition) is 1. The van der Waals surface area contributed by atoms with Crippen molar-refractivity contribution in [1.29, 1.82) is 0 Å². The Morgan fingerprint density at radius 2 is 2.06 bits per heavy atom. The van der Waals surface area contributed by atoms with Gasteiger partial charge in [-0.1, -0.05) is 57.4 Å². The topological polar surface area (TPSA) is 12.0 Å². The maximum Gasteiger partial charge on any atom is 0.0434 e. The second kappa shape index (κ2) is 6.38. The Balaban J connectivity index is 2.31. The van der Waals surface area contributed by atoms with E-state index >= 15 is 0 Å². The van der Waals surface area contributed by atoms with E-state index in [4.69, 9.17) is 0 Å². The van der Waals surface area contributed by atoms with Crippen LogP contribution in [0.1, 0.15) is 63.5 Å². The van der Waals surface area contributed by atoms with Crippen LogP contribution in [0.2, 0.25) is 0 Å². The summed E-state index contributed by atoms with van der Waals surface area (Å²) >= 11 is 0. The van der Waals surface area contributed by atoms with Gasteiger partial charge in [-0.05, 0) is 43.4 Å². The molecule has 0 amide bonds. The van der Waals surface area contributed by atoms with Gasteiger partial charge in [-0.25, -0.2) is 0 Å². The average molecular weight is 245 g/mol. The molecule has 1 aromatic carbocycles. The zero-order valence-electron chi connectivity index (χ0n) is 12.0. The fraction of sp³-hybridized carbons (Fsp3) is 0.647. The Morgan fingerprint density at radius 3 is 2.83 bits per heavy atom. The van der Waals surface area contributed by atoms with Crippen molar-refractivity contribution in [3.8, 4) is 0 Å². The molecule has 0 aromatic heterocycles. The first-order chi connectivity index (χ1) is 8.80. The van der Waals surface area contributed by atoms with Gasteiger partial charge in [-0.3, -0.25) is 0 Å². The highest BCUT2D eigenvalue weighted by molar-refractivity contribution is 5.30. The molecule has 100 valence electrons. The van der Waals surface area contributed by atoms with Crippen molar-refractivity contribution < 1.29 is 0 Å². The predicted octanol–water partition coefficient (Wildman–Crippen LogP) is 4.41. The summed E-state index contributed by atoms with van der Waals surface area (Å²) in [6.07, 6.45) is 9.03. The zero-order valence-corrected chi connectivity index (χ0v) is 12.0. The lowest BCUT2D eigenvalue weighted by Crippen LogP contribution is -2.41. The van der Waals surface area contributed by atoms with Crippen molar-refractivity contribution in [1.82, 2.24) is 5.32 Å². The van der Waals surface area contributed by atoms with E-state index in [0.717, 1.165) is 6.42 Å².